The number of hydrogen-bond donors (Lipinski definition) is 0. The first-order chi connectivity index (χ1) is 8.00. The molecule has 1 heterocycles. The van der Waals surface area contributed by atoms with Crippen LogP contribution in [0.5, 0.6) is 0 Å². The molecule has 4 nitrogen and oxygen atoms in total. The van der Waals surface area contributed by atoms with Gasteiger partial charge in [0, 0.05) is 13.6 Å². The molecule has 0 spiro atoms. The van der Waals surface area contributed by atoms with Gasteiger partial charge in [-0.3, -0.25) is 0 Å². The van der Waals surface area contributed by atoms with Gasteiger partial charge in [-0.1, -0.05) is 35.8 Å². The van der Waals surface area contributed by atoms with Crippen LogP contribution in [0, 0.1) is 5.92 Å². The van der Waals surface area contributed by atoms with E-state index in [0.717, 1.165) is 24.2 Å². The van der Waals surface area contributed by atoms with Crippen LogP contribution in [0.2, 0.25) is 4.47 Å². The minimum absolute atomic E-state index is 0.225. The van der Waals surface area contributed by atoms with Crippen molar-refractivity contribution >= 4 is 33.0 Å². The van der Waals surface area contributed by atoms with Gasteiger partial charge in [-0.2, -0.15) is 4.31 Å². The molecule has 2 rings (SSSR count). The predicted molar refractivity (Wildman–Crippen MR) is 68.9 cm³/mol. The lowest BCUT2D eigenvalue weighted by Crippen LogP contribution is -2.30. The summed E-state index contributed by atoms with van der Waals surface area (Å²) in [6.07, 6.45) is 6.01. The highest BCUT2D eigenvalue weighted by Crippen LogP contribution is 2.29. The van der Waals surface area contributed by atoms with Gasteiger partial charge in [0.2, 0.25) is 0 Å². The van der Waals surface area contributed by atoms with Crippen molar-refractivity contribution in [3.8, 4) is 0 Å². The second-order valence-corrected chi connectivity index (χ2v) is 8.25. The molecule has 1 aromatic heterocycles. The molecule has 1 aliphatic rings. The Morgan fingerprint density at radius 1 is 1.53 bits per heavy atom. The second-order valence-electron chi connectivity index (χ2n) is 4.37. The average Bonchev–Trinajstić information content (AvgIpc) is 2.89. The quantitative estimate of drug-likeness (QED) is 0.858. The van der Waals surface area contributed by atoms with Crippen LogP contribution >= 0.6 is 22.9 Å². The molecule has 96 valence electrons. The molecule has 1 aromatic rings. The van der Waals surface area contributed by atoms with E-state index in [2.05, 4.69) is 4.98 Å². The molecule has 1 aliphatic carbocycles. The summed E-state index contributed by atoms with van der Waals surface area (Å²) in [4.78, 5) is 3.78. The largest absolute Gasteiger partial charge is 0.253 e. The lowest BCUT2D eigenvalue weighted by molar-refractivity contribution is 0.388. The lowest BCUT2D eigenvalue weighted by Gasteiger charge is -2.19. The van der Waals surface area contributed by atoms with E-state index < -0.39 is 10.0 Å². The van der Waals surface area contributed by atoms with Gasteiger partial charge in [-0.15, -0.1) is 0 Å². The Labute approximate surface area is 111 Å². The number of sulfonamides is 1. The second kappa shape index (κ2) is 5.22. The molecule has 7 heteroatoms. The molecule has 0 aromatic carbocycles. The van der Waals surface area contributed by atoms with E-state index >= 15 is 0 Å². The number of aromatic nitrogens is 1. The van der Waals surface area contributed by atoms with Gasteiger partial charge in [-0.25, -0.2) is 13.4 Å². The maximum Gasteiger partial charge on any atom is 0.253 e. The average molecular weight is 295 g/mol. The smallest absolute Gasteiger partial charge is 0.232 e. The molecular weight excluding hydrogens is 280 g/mol. The van der Waals surface area contributed by atoms with Crippen molar-refractivity contribution in [3.63, 3.8) is 0 Å². The molecule has 0 N–H and O–H groups in total. The minimum atomic E-state index is -3.40. The summed E-state index contributed by atoms with van der Waals surface area (Å²) < 4.78 is 26.3. The zero-order valence-corrected chi connectivity index (χ0v) is 12.0. The number of nitrogens with zero attached hydrogens (tertiary/aromatic N) is 2. The first-order valence-electron chi connectivity index (χ1n) is 5.58. The molecule has 0 saturated heterocycles. The summed E-state index contributed by atoms with van der Waals surface area (Å²) in [7, 11) is -1.77. The Balaban J connectivity index is 2.09. The summed E-state index contributed by atoms with van der Waals surface area (Å²) in [5.74, 6) is 0.498. The molecule has 0 aliphatic heterocycles. The van der Waals surface area contributed by atoms with Gasteiger partial charge in [0.1, 0.15) is 0 Å². The number of thiazole rings is 1. The molecule has 0 unspecified atom stereocenters. The predicted octanol–water partition coefficient (Wildman–Crippen LogP) is 2.61. The van der Waals surface area contributed by atoms with Crippen molar-refractivity contribution in [2.24, 2.45) is 5.92 Å². The summed E-state index contributed by atoms with van der Waals surface area (Å²) in [6.45, 7) is 0.595. The zero-order valence-electron chi connectivity index (χ0n) is 9.60. The summed E-state index contributed by atoms with van der Waals surface area (Å²) in [6, 6.07) is 0. The van der Waals surface area contributed by atoms with Crippen molar-refractivity contribution in [2.75, 3.05) is 13.6 Å². The maximum atomic E-state index is 12.2. The molecular formula is C10H15ClN2O2S2. The van der Waals surface area contributed by atoms with Crippen molar-refractivity contribution in [1.82, 2.24) is 9.29 Å². The Morgan fingerprint density at radius 2 is 2.18 bits per heavy atom. The van der Waals surface area contributed by atoms with Crippen molar-refractivity contribution in [3.05, 3.63) is 10.7 Å². The van der Waals surface area contributed by atoms with E-state index in [4.69, 9.17) is 11.6 Å². The zero-order chi connectivity index (χ0) is 12.5. The molecule has 17 heavy (non-hydrogen) atoms. The normalized spacial score (nSPS) is 18.1. The molecule has 1 saturated carbocycles. The van der Waals surface area contributed by atoms with Gasteiger partial charge < -0.3 is 0 Å². The van der Waals surface area contributed by atoms with Crippen LogP contribution in [0.25, 0.3) is 0 Å². The Bertz CT molecular complexity index is 480. The van der Waals surface area contributed by atoms with Crippen LogP contribution in [0.15, 0.2) is 10.4 Å². The fourth-order valence-corrected chi connectivity index (χ4v) is 4.92. The summed E-state index contributed by atoms with van der Waals surface area (Å²) >= 11 is 6.67. The van der Waals surface area contributed by atoms with Crippen LogP contribution in [-0.4, -0.2) is 31.3 Å². The highest BCUT2D eigenvalue weighted by Gasteiger charge is 2.27. The third-order valence-electron chi connectivity index (χ3n) is 3.11. The Morgan fingerprint density at radius 3 is 2.71 bits per heavy atom. The van der Waals surface area contributed by atoms with Gasteiger partial charge >= 0.3 is 0 Å². The van der Waals surface area contributed by atoms with E-state index in [1.807, 2.05) is 0 Å². The monoisotopic (exact) mass is 294 g/mol. The first kappa shape index (κ1) is 13.3. The summed E-state index contributed by atoms with van der Waals surface area (Å²) in [5, 5.41) is 0. The number of hydrogen-bond acceptors (Lipinski definition) is 4. The number of halogens is 1. The van der Waals surface area contributed by atoms with Crippen molar-refractivity contribution in [2.45, 2.75) is 29.9 Å². The van der Waals surface area contributed by atoms with Crippen molar-refractivity contribution in [1.29, 1.82) is 0 Å². The SMILES string of the molecule is CN(CC1CCCC1)S(=O)(=O)c1cnc(Cl)s1. The lowest BCUT2D eigenvalue weighted by atomic mass is 10.1. The highest BCUT2D eigenvalue weighted by molar-refractivity contribution is 7.91. The maximum absolute atomic E-state index is 12.2. The molecule has 0 atom stereocenters. The van der Waals surface area contributed by atoms with Crippen LogP contribution in [0.4, 0.5) is 0 Å². The van der Waals surface area contributed by atoms with E-state index in [9.17, 15) is 8.42 Å². The third kappa shape index (κ3) is 2.99. The van der Waals surface area contributed by atoms with Gasteiger partial charge in [0.15, 0.2) is 8.68 Å². The molecule has 0 amide bonds. The Hall–Kier alpha value is -0.170. The van der Waals surface area contributed by atoms with E-state index in [1.54, 1.807) is 7.05 Å². The van der Waals surface area contributed by atoms with E-state index in [-0.39, 0.29) is 8.68 Å². The van der Waals surface area contributed by atoms with E-state index in [0.29, 0.717) is 12.5 Å². The van der Waals surface area contributed by atoms with Crippen LogP contribution in [-0.2, 0) is 10.0 Å². The Kier molecular flexibility index (Phi) is 4.07. The van der Waals surface area contributed by atoms with Crippen molar-refractivity contribution < 1.29 is 8.42 Å². The van der Waals surface area contributed by atoms with Crippen LogP contribution < -0.4 is 0 Å². The first-order valence-corrected chi connectivity index (χ1v) is 8.21. The molecule has 1 fully saturated rings. The standard InChI is InChI=1S/C10H15ClN2O2S2/c1-13(7-8-4-2-3-5-8)17(14,15)9-6-12-10(11)16-9/h6,8H,2-5,7H2,1H3. The number of rotatable bonds is 4. The fraction of sp³-hybridized carbons (Fsp3) is 0.700. The van der Waals surface area contributed by atoms with Gasteiger partial charge in [0.05, 0.1) is 6.20 Å². The van der Waals surface area contributed by atoms with Crippen LogP contribution in [0.1, 0.15) is 25.7 Å². The van der Waals surface area contributed by atoms with Gasteiger partial charge in [0.25, 0.3) is 10.0 Å². The third-order valence-corrected chi connectivity index (χ3v) is 6.49. The molecule has 0 radical (unpaired) electrons. The van der Waals surface area contributed by atoms with E-state index in [1.165, 1.54) is 23.3 Å². The van der Waals surface area contributed by atoms with Gasteiger partial charge in [-0.05, 0) is 18.8 Å². The summed E-state index contributed by atoms with van der Waals surface area (Å²) in [5.41, 5.74) is 0. The molecule has 0 bridgehead atoms. The minimum Gasteiger partial charge on any atom is -0.232 e. The highest BCUT2D eigenvalue weighted by atomic mass is 35.5. The fourth-order valence-electron chi connectivity index (χ4n) is 2.17. The topological polar surface area (TPSA) is 50.3 Å². The van der Waals surface area contributed by atoms with Crippen LogP contribution in [0.3, 0.4) is 0 Å².